The van der Waals surface area contributed by atoms with Gasteiger partial charge in [-0.25, -0.2) is 0 Å². The van der Waals surface area contributed by atoms with Crippen LogP contribution in [-0.4, -0.2) is 29.0 Å². The van der Waals surface area contributed by atoms with E-state index in [2.05, 4.69) is 8.92 Å². The predicted molar refractivity (Wildman–Crippen MR) is 53.9 cm³/mol. The molecule has 0 heterocycles. The molecule has 0 aliphatic heterocycles. The third-order valence-corrected chi connectivity index (χ3v) is 3.13. The molecule has 0 N–H and O–H groups in total. The third-order valence-electron chi connectivity index (χ3n) is 1.84. The Bertz CT molecular complexity index is 523. The first-order chi connectivity index (χ1) is 8.19. The van der Waals surface area contributed by atoms with Gasteiger partial charge in [0, 0.05) is 6.07 Å². The standard InChI is InChI=1S/C9H9F3O5S/c1-15-6-3-4-8(7(5-6)16-2)18(13,14)17-9(10,11)12/h3-5H,1-2H3. The maximum atomic E-state index is 12.0. The number of hydrogen-bond acceptors (Lipinski definition) is 5. The van der Waals surface area contributed by atoms with Crippen molar-refractivity contribution in [2.75, 3.05) is 14.2 Å². The van der Waals surface area contributed by atoms with Gasteiger partial charge < -0.3 is 9.47 Å². The van der Waals surface area contributed by atoms with Crippen LogP contribution in [0.5, 0.6) is 11.5 Å². The molecule has 0 spiro atoms. The van der Waals surface area contributed by atoms with Crippen molar-refractivity contribution in [3.05, 3.63) is 18.2 Å². The van der Waals surface area contributed by atoms with E-state index in [1.165, 1.54) is 13.2 Å². The molecule has 102 valence electrons. The zero-order valence-corrected chi connectivity index (χ0v) is 10.1. The van der Waals surface area contributed by atoms with E-state index in [4.69, 9.17) is 4.74 Å². The summed E-state index contributed by atoms with van der Waals surface area (Å²) in [6.45, 7) is 0. The van der Waals surface area contributed by atoms with Gasteiger partial charge in [-0.1, -0.05) is 0 Å². The van der Waals surface area contributed by atoms with Gasteiger partial charge in [0.15, 0.2) is 0 Å². The summed E-state index contributed by atoms with van der Waals surface area (Å²) >= 11 is 0. The molecule has 0 bridgehead atoms. The molecular weight excluding hydrogens is 277 g/mol. The van der Waals surface area contributed by atoms with Gasteiger partial charge in [-0.3, -0.25) is 0 Å². The molecule has 0 aromatic heterocycles. The lowest BCUT2D eigenvalue weighted by molar-refractivity contribution is -0.271. The van der Waals surface area contributed by atoms with Crippen molar-refractivity contribution in [3.63, 3.8) is 0 Å². The van der Waals surface area contributed by atoms with Gasteiger partial charge >= 0.3 is 16.5 Å². The zero-order chi connectivity index (χ0) is 14.0. The zero-order valence-electron chi connectivity index (χ0n) is 9.32. The number of ether oxygens (including phenoxy) is 2. The Morgan fingerprint density at radius 2 is 1.72 bits per heavy atom. The van der Waals surface area contributed by atoms with Gasteiger partial charge in [0.2, 0.25) is 0 Å². The van der Waals surface area contributed by atoms with Crippen LogP contribution in [0.3, 0.4) is 0 Å². The van der Waals surface area contributed by atoms with Crippen LogP contribution in [0.2, 0.25) is 0 Å². The molecule has 1 rings (SSSR count). The van der Waals surface area contributed by atoms with Gasteiger partial charge in [-0.15, -0.1) is 13.2 Å². The highest BCUT2D eigenvalue weighted by Gasteiger charge is 2.39. The van der Waals surface area contributed by atoms with Crippen LogP contribution in [-0.2, 0) is 14.3 Å². The molecule has 1 aromatic rings. The number of hydrogen-bond donors (Lipinski definition) is 0. The normalized spacial score (nSPS) is 12.3. The quantitative estimate of drug-likeness (QED) is 0.791. The number of methoxy groups -OCH3 is 2. The number of halogens is 3. The van der Waals surface area contributed by atoms with E-state index in [1.54, 1.807) is 0 Å². The lowest BCUT2D eigenvalue weighted by atomic mass is 10.3. The van der Waals surface area contributed by atoms with E-state index in [1.807, 2.05) is 0 Å². The summed E-state index contributed by atoms with van der Waals surface area (Å²) in [7, 11) is -2.56. The van der Waals surface area contributed by atoms with Gasteiger partial charge in [-0.05, 0) is 12.1 Å². The van der Waals surface area contributed by atoms with Crippen LogP contribution in [0.15, 0.2) is 23.1 Å². The lowest BCUT2D eigenvalue weighted by Crippen LogP contribution is -2.20. The molecule has 0 atom stereocenters. The van der Waals surface area contributed by atoms with E-state index in [-0.39, 0.29) is 11.5 Å². The summed E-state index contributed by atoms with van der Waals surface area (Å²) in [6.07, 6.45) is -5.30. The topological polar surface area (TPSA) is 61.8 Å². The molecular formula is C9H9F3O5S. The lowest BCUT2D eigenvalue weighted by Gasteiger charge is -2.12. The molecule has 0 amide bonds. The summed E-state index contributed by atoms with van der Waals surface area (Å²) in [6, 6.07) is 3.21. The van der Waals surface area contributed by atoms with E-state index in [0.29, 0.717) is 0 Å². The minimum Gasteiger partial charge on any atom is -0.497 e. The van der Waals surface area contributed by atoms with Crippen molar-refractivity contribution in [3.8, 4) is 11.5 Å². The molecule has 9 heteroatoms. The Labute approximate surface area is 101 Å². The average Bonchev–Trinajstić information content (AvgIpc) is 2.24. The van der Waals surface area contributed by atoms with E-state index in [9.17, 15) is 21.6 Å². The fourth-order valence-electron chi connectivity index (χ4n) is 1.15. The molecule has 0 fully saturated rings. The number of rotatable bonds is 4. The number of alkyl halides is 3. The second-order valence-corrected chi connectivity index (χ2v) is 4.51. The monoisotopic (exact) mass is 286 g/mol. The second-order valence-electron chi connectivity index (χ2n) is 3.00. The van der Waals surface area contributed by atoms with E-state index < -0.39 is 21.4 Å². The fraction of sp³-hybridized carbons (Fsp3) is 0.333. The molecule has 0 saturated carbocycles. The number of benzene rings is 1. The molecule has 0 saturated heterocycles. The molecule has 0 radical (unpaired) electrons. The minimum absolute atomic E-state index is 0.234. The molecule has 5 nitrogen and oxygen atoms in total. The Hall–Kier alpha value is -1.48. The summed E-state index contributed by atoms with van der Waals surface area (Å²) < 4.78 is 71.1. The largest absolute Gasteiger partial charge is 0.537 e. The maximum Gasteiger partial charge on any atom is 0.537 e. The first-order valence-electron chi connectivity index (χ1n) is 4.44. The second kappa shape index (κ2) is 5.02. The molecule has 0 aliphatic rings. The Morgan fingerprint density at radius 1 is 1.11 bits per heavy atom. The van der Waals surface area contributed by atoms with Crippen molar-refractivity contribution in [1.82, 2.24) is 0 Å². The van der Waals surface area contributed by atoms with Gasteiger partial charge in [-0.2, -0.15) is 12.6 Å². The summed E-state index contributed by atoms with van der Waals surface area (Å²) in [5.74, 6) is -0.0728. The Kier molecular flexibility index (Phi) is 4.07. The highest BCUT2D eigenvalue weighted by Crippen LogP contribution is 2.32. The smallest absolute Gasteiger partial charge is 0.497 e. The van der Waals surface area contributed by atoms with E-state index in [0.717, 1.165) is 19.2 Å². The average molecular weight is 286 g/mol. The minimum atomic E-state index is -5.30. The molecule has 0 unspecified atom stereocenters. The van der Waals surface area contributed by atoms with Gasteiger partial charge in [0.1, 0.15) is 16.4 Å². The van der Waals surface area contributed by atoms with Crippen molar-refractivity contribution in [2.24, 2.45) is 0 Å². The summed E-state index contributed by atoms with van der Waals surface area (Å²) in [5, 5.41) is 0. The van der Waals surface area contributed by atoms with Crippen molar-refractivity contribution >= 4 is 10.1 Å². The van der Waals surface area contributed by atoms with Crippen LogP contribution in [0.4, 0.5) is 13.2 Å². The van der Waals surface area contributed by atoms with Crippen molar-refractivity contribution < 1.29 is 35.2 Å². The van der Waals surface area contributed by atoms with Gasteiger partial charge in [0.05, 0.1) is 14.2 Å². The van der Waals surface area contributed by atoms with Crippen molar-refractivity contribution in [1.29, 1.82) is 0 Å². The maximum absolute atomic E-state index is 12.0. The predicted octanol–water partition coefficient (Wildman–Crippen LogP) is 1.93. The molecule has 0 aliphatic carbocycles. The first-order valence-corrected chi connectivity index (χ1v) is 5.85. The Balaban J connectivity index is 3.24. The highest BCUT2D eigenvalue weighted by atomic mass is 32.2. The van der Waals surface area contributed by atoms with Crippen LogP contribution in [0.1, 0.15) is 0 Å². The van der Waals surface area contributed by atoms with Crippen molar-refractivity contribution in [2.45, 2.75) is 11.3 Å². The summed E-state index contributed by atoms with van der Waals surface area (Å²) in [4.78, 5) is -0.733. The summed E-state index contributed by atoms with van der Waals surface area (Å²) in [5.41, 5.74) is 0. The molecule has 1 aromatic carbocycles. The van der Waals surface area contributed by atoms with Gasteiger partial charge in [0.25, 0.3) is 0 Å². The molecule has 18 heavy (non-hydrogen) atoms. The highest BCUT2D eigenvalue weighted by molar-refractivity contribution is 7.86. The Morgan fingerprint density at radius 3 is 2.17 bits per heavy atom. The fourth-order valence-corrected chi connectivity index (χ4v) is 2.11. The van der Waals surface area contributed by atoms with Crippen LogP contribution >= 0.6 is 0 Å². The first kappa shape index (κ1) is 14.6. The van der Waals surface area contributed by atoms with E-state index >= 15 is 0 Å². The van der Waals surface area contributed by atoms with Crippen LogP contribution < -0.4 is 9.47 Å². The third kappa shape index (κ3) is 3.50. The SMILES string of the molecule is COc1ccc(S(=O)(=O)OC(F)(F)F)c(OC)c1. The van der Waals surface area contributed by atoms with Crippen LogP contribution in [0.25, 0.3) is 0 Å². The van der Waals surface area contributed by atoms with Crippen LogP contribution in [0, 0.1) is 0 Å².